The molecule has 0 spiro atoms. The van der Waals surface area contributed by atoms with Crippen molar-refractivity contribution in [3.05, 3.63) is 29.8 Å². The summed E-state index contributed by atoms with van der Waals surface area (Å²) in [5.41, 5.74) is 0.449. The van der Waals surface area contributed by atoms with Gasteiger partial charge in [-0.3, -0.25) is 0 Å². The van der Waals surface area contributed by atoms with Crippen molar-refractivity contribution < 1.29 is 18.7 Å². The second-order valence-corrected chi connectivity index (χ2v) is 4.40. The number of hydrogen-bond acceptors (Lipinski definition) is 2. The van der Waals surface area contributed by atoms with E-state index in [9.17, 15) is 13.6 Å². The topological polar surface area (TPSA) is 43.8 Å². The van der Waals surface area contributed by atoms with E-state index in [2.05, 4.69) is 0 Å². The fourth-order valence-corrected chi connectivity index (χ4v) is 2.22. The number of benzene rings is 1. The lowest BCUT2D eigenvalue weighted by Crippen LogP contribution is -2.53. The number of carbonyl (C=O) groups is 1. The Morgan fingerprint density at radius 1 is 1.28 bits per heavy atom. The highest BCUT2D eigenvalue weighted by atomic mass is 19.1. The molecule has 1 saturated heterocycles. The molecule has 6 heteroatoms. The van der Waals surface area contributed by atoms with Crippen molar-refractivity contribution in [2.24, 2.45) is 0 Å². The van der Waals surface area contributed by atoms with Crippen molar-refractivity contribution in [2.75, 3.05) is 24.5 Å². The molecule has 98 valence electrons. The highest BCUT2D eigenvalue weighted by molar-refractivity contribution is 5.65. The Labute approximate surface area is 103 Å². The Morgan fingerprint density at radius 2 is 1.89 bits per heavy atom. The summed E-state index contributed by atoms with van der Waals surface area (Å²) in [7, 11) is 0. The summed E-state index contributed by atoms with van der Waals surface area (Å²) >= 11 is 0. The Balaban J connectivity index is 2.17. The summed E-state index contributed by atoms with van der Waals surface area (Å²) in [5, 5.41) is 8.89. The predicted molar refractivity (Wildman–Crippen MR) is 62.8 cm³/mol. The van der Waals surface area contributed by atoms with E-state index in [0.717, 1.165) is 6.07 Å². The average Bonchev–Trinajstić information content (AvgIpc) is 2.27. The van der Waals surface area contributed by atoms with Crippen molar-refractivity contribution in [1.82, 2.24) is 4.90 Å². The van der Waals surface area contributed by atoms with Gasteiger partial charge in [0.2, 0.25) is 0 Å². The second-order valence-electron chi connectivity index (χ2n) is 4.40. The Hall–Kier alpha value is -1.85. The van der Waals surface area contributed by atoms with Crippen LogP contribution in [0.1, 0.15) is 6.92 Å². The van der Waals surface area contributed by atoms with Crippen LogP contribution in [0.4, 0.5) is 19.3 Å². The minimum Gasteiger partial charge on any atom is -0.465 e. The largest absolute Gasteiger partial charge is 0.465 e. The molecule has 0 bridgehead atoms. The number of hydrogen-bond donors (Lipinski definition) is 1. The van der Waals surface area contributed by atoms with Gasteiger partial charge in [-0.1, -0.05) is 0 Å². The first kappa shape index (κ1) is 12.6. The maximum atomic E-state index is 13.1. The van der Waals surface area contributed by atoms with Crippen LogP contribution >= 0.6 is 0 Å². The van der Waals surface area contributed by atoms with Gasteiger partial charge in [-0.05, 0) is 19.1 Å². The van der Waals surface area contributed by atoms with Crippen molar-refractivity contribution >= 4 is 11.8 Å². The molecule has 0 radical (unpaired) electrons. The number of carboxylic acid groups (broad SMARTS) is 1. The van der Waals surface area contributed by atoms with Crippen LogP contribution in [0.3, 0.4) is 0 Å². The fraction of sp³-hybridized carbons (Fsp3) is 0.417. The average molecular weight is 256 g/mol. The Kier molecular flexibility index (Phi) is 3.36. The van der Waals surface area contributed by atoms with Gasteiger partial charge in [0.15, 0.2) is 0 Å². The molecule has 2 rings (SSSR count). The second kappa shape index (κ2) is 4.80. The van der Waals surface area contributed by atoms with Crippen LogP contribution in [0.25, 0.3) is 0 Å². The van der Waals surface area contributed by atoms with Gasteiger partial charge in [0, 0.05) is 37.4 Å². The molecule has 1 aliphatic heterocycles. The van der Waals surface area contributed by atoms with Crippen LogP contribution in [0.5, 0.6) is 0 Å². The van der Waals surface area contributed by atoms with Crippen molar-refractivity contribution in [1.29, 1.82) is 0 Å². The lowest BCUT2D eigenvalue weighted by Gasteiger charge is -2.40. The van der Waals surface area contributed by atoms with Gasteiger partial charge in [0.05, 0.1) is 0 Å². The highest BCUT2D eigenvalue weighted by Crippen LogP contribution is 2.22. The van der Waals surface area contributed by atoms with E-state index < -0.39 is 17.7 Å². The molecule has 18 heavy (non-hydrogen) atoms. The number of halogens is 2. The number of anilines is 1. The minimum atomic E-state index is -0.966. The number of rotatable bonds is 1. The third kappa shape index (κ3) is 2.52. The van der Waals surface area contributed by atoms with E-state index in [1.165, 1.54) is 17.0 Å². The van der Waals surface area contributed by atoms with E-state index in [1.807, 2.05) is 11.8 Å². The molecule has 1 aromatic carbocycles. The van der Waals surface area contributed by atoms with Gasteiger partial charge >= 0.3 is 6.09 Å². The van der Waals surface area contributed by atoms with Crippen LogP contribution < -0.4 is 4.90 Å². The zero-order chi connectivity index (χ0) is 13.3. The molecular formula is C12H14F2N2O2. The van der Waals surface area contributed by atoms with Gasteiger partial charge in [0.1, 0.15) is 11.6 Å². The molecule has 0 aromatic heterocycles. The number of amides is 1. The third-order valence-electron chi connectivity index (χ3n) is 3.08. The van der Waals surface area contributed by atoms with Crippen LogP contribution in [-0.2, 0) is 0 Å². The van der Waals surface area contributed by atoms with E-state index >= 15 is 0 Å². The summed E-state index contributed by atoms with van der Waals surface area (Å²) in [5.74, 6) is -1.25. The lowest BCUT2D eigenvalue weighted by molar-refractivity contribution is 0.136. The fourth-order valence-electron chi connectivity index (χ4n) is 2.22. The van der Waals surface area contributed by atoms with Gasteiger partial charge in [-0.2, -0.15) is 0 Å². The Bertz CT molecular complexity index is 447. The zero-order valence-corrected chi connectivity index (χ0v) is 9.94. The van der Waals surface area contributed by atoms with Crippen molar-refractivity contribution in [3.8, 4) is 0 Å². The maximum Gasteiger partial charge on any atom is 0.407 e. The first-order valence-electron chi connectivity index (χ1n) is 5.68. The van der Waals surface area contributed by atoms with Crippen LogP contribution in [0.15, 0.2) is 18.2 Å². The molecule has 1 aromatic rings. The quantitative estimate of drug-likeness (QED) is 0.837. The summed E-state index contributed by atoms with van der Waals surface area (Å²) < 4.78 is 26.3. The summed E-state index contributed by atoms with van der Waals surface area (Å²) in [6, 6.07) is 3.23. The molecule has 0 aliphatic carbocycles. The van der Waals surface area contributed by atoms with Gasteiger partial charge in [-0.25, -0.2) is 13.6 Å². The van der Waals surface area contributed by atoms with Gasteiger partial charge in [0.25, 0.3) is 0 Å². The van der Waals surface area contributed by atoms with E-state index in [0.29, 0.717) is 25.3 Å². The number of piperazine rings is 1. The highest BCUT2D eigenvalue weighted by Gasteiger charge is 2.26. The molecule has 1 atom stereocenters. The van der Waals surface area contributed by atoms with Crippen LogP contribution in [-0.4, -0.2) is 41.8 Å². The molecule has 0 unspecified atom stereocenters. The SMILES string of the molecule is C[C@H]1CN(C(=O)O)CCN1c1cc(F)cc(F)c1. The summed E-state index contributed by atoms with van der Waals surface area (Å²) in [4.78, 5) is 14.0. The molecular weight excluding hydrogens is 242 g/mol. The van der Waals surface area contributed by atoms with Gasteiger partial charge in [-0.15, -0.1) is 0 Å². The minimum absolute atomic E-state index is 0.115. The zero-order valence-electron chi connectivity index (χ0n) is 9.94. The molecule has 1 aliphatic rings. The molecule has 1 fully saturated rings. The monoisotopic (exact) mass is 256 g/mol. The predicted octanol–water partition coefficient (Wildman–Crippen LogP) is 2.15. The van der Waals surface area contributed by atoms with Gasteiger partial charge < -0.3 is 14.9 Å². The first-order valence-corrected chi connectivity index (χ1v) is 5.68. The molecule has 4 nitrogen and oxygen atoms in total. The third-order valence-corrected chi connectivity index (χ3v) is 3.08. The van der Waals surface area contributed by atoms with Crippen molar-refractivity contribution in [3.63, 3.8) is 0 Å². The maximum absolute atomic E-state index is 13.1. The summed E-state index contributed by atoms with van der Waals surface area (Å²) in [6.07, 6.45) is -0.966. The molecule has 1 amide bonds. The standard InChI is InChI=1S/C12H14F2N2O2/c1-8-7-15(12(17)18)2-3-16(8)11-5-9(13)4-10(14)6-11/h4-6,8H,2-3,7H2,1H3,(H,17,18)/t8-/m0/s1. The molecule has 0 saturated carbocycles. The number of nitrogens with zero attached hydrogens (tertiary/aromatic N) is 2. The lowest BCUT2D eigenvalue weighted by atomic mass is 10.1. The molecule has 1 heterocycles. The first-order chi connectivity index (χ1) is 8.47. The van der Waals surface area contributed by atoms with Crippen LogP contribution in [0, 0.1) is 11.6 Å². The van der Waals surface area contributed by atoms with E-state index in [-0.39, 0.29) is 6.04 Å². The van der Waals surface area contributed by atoms with E-state index in [1.54, 1.807) is 0 Å². The normalized spacial score (nSPS) is 20.1. The molecule has 1 N–H and O–H groups in total. The van der Waals surface area contributed by atoms with Crippen LogP contribution in [0.2, 0.25) is 0 Å². The van der Waals surface area contributed by atoms with Crippen molar-refractivity contribution in [2.45, 2.75) is 13.0 Å². The summed E-state index contributed by atoms with van der Waals surface area (Å²) in [6.45, 7) is 2.92. The smallest absolute Gasteiger partial charge is 0.407 e. The van der Waals surface area contributed by atoms with E-state index in [4.69, 9.17) is 5.11 Å². The Morgan fingerprint density at radius 3 is 2.39 bits per heavy atom.